The first-order valence-corrected chi connectivity index (χ1v) is 5.01. The van der Waals surface area contributed by atoms with Gasteiger partial charge in [-0.05, 0) is 6.92 Å². The minimum atomic E-state index is -0.291. The Morgan fingerprint density at radius 3 is 2.94 bits per heavy atom. The lowest BCUT2D eigenvalue weighted by molar-refractivity contribution is 0.0950. The normalized spacial score (nSPS) is 10.5. The number of nitrogens with one attached hydrogen (secondary N) is 2. The topological polar surface area (TPSA) is 115 Å². The minimum absolute atomic E-state index is 0.189. The number of aryl methyl sites for hydroxylation is 2. The largest absolute Gasteiger partial charge is 0.382 e. The first-order chi connectivity index (χ1) is 8.08. The van der Waals surface area contributed by atoms with Gasteiger partial charge in [-0.2, -0.15) is 10.2 Å². The zero-order chi connectivity index (χ0) is 12.4. The van der Waals surface area contributed by atoms with Gasteiger partial charge in [0.15, 0.2) is 11.6 Å². The molecular formula is C9H13N7O. The van der Waals surface area contributed by atoms with Gasteiger partial charge in [0, 0.05) is 12.7 Å². The molecule has 8 heteroatoms. The molecule has 0 spiro atoms. The highest BCUT2D eigenvalue weighted by atomic mass is 16.1. The molecule has 0 saturated carbocycles. The molecule has 0 unspecified atom stereocenters. The molecule has 90 valence electrons. The van der Waals surface area contributed by atoms with Crippen LogP contribution in [0.15, 0.2) is 6.33 Å². The Morgan fingerprint density at radius 1 is 1.65 bits per heavy atom. The Labute approximate surface area is 97.2 Å². The number of hydrogen-bond acceptors (Lipinski definition) is 5. The molecule has 0 bridgehead atoms. The zero-order valence-corrected chi connectivity index (χ0v) is 9.56. The van der Waals surface area contributed by atoms with Gasteiger partial charge in [-0.3, -0.25) is 14.6 Å². The summed E-state index contributed by atoms with van der Waals surface area (Å²) < 4.78 is 1.57. The number of nitrogens with zero attached hydrogens (tertiary/aromatic N) is 4. The average molecular weight is 235 g/mol. The summed E-state index contributed by atoms with van der Waals surface area (Å²) in [6.45, 7) is 1.99. The molecule has 0 aliphatic heterocycles. The van der Waals surface area contributed by atoms with Crippen LogP contribution >= 0.6 is 0 Å². The van der Waals surface area contributed by atoms with Gasteiger partial charge < -0.3 is 11.1 Å². The highest BCUT2D eigenvalue weighted by molar-refractivity contribution is 5.99. The average Bonchev–Trinajstić information content (AvgIpc) is 2.83. The van der Waals surface area contributed by atoms with Crippen LogP contribution in [-0.4, -0.2) is 30.9 Å². The van der Waals surface area contributed by atoms with Crippen molar-refractivity contribution in [3.05, 3.63) is 23.4 Å². The second kappa shape index (κ2) is 4.24. The Hall–Kier alpha value is -2.38. The SMILES string of the molecule is Cc1[nH]nc(N)c1C(=O)NCc1ncn(C)n1. The number of aromatic amines is 1. The molecule has 0 saturated heterocycles. The van der Waals surface area contributed by atoms with E-state index in [1.165, 1.54) is 0 Å². The highest BCUT2D eigenvalue weighted by Crippen LogP contribution is 2.11. The van der Waals surface area contributed by atoms with E-state index in [1.54, 1.807) is 25.0 Å². The number of carbonyl (C=O) groups is 1. The molecule has 17 heavy (non-hydrogen) atoms. The molecule has 2 rings (SSSR count). The molecule has 0 fully saturated rings. The second-order valence-electron chi connectivity index (χ2n) is 3.63. The van der Waals surface area contributed by atoms with Gasteiger partial charge in [0.2, 0.25) is 0 Å². The maximum atomic E-state index is 11.8. The number of rotatable bonds is 3. The standard InChI is InChI=1S/C9H13N7O/c1-5-7(8(10)14-13-5)9(17)11-3-6-12-4-16(2)15-6/h4H,3H2,1-2H3,(H,11,17)(H3,10,13,14). The fourth-order valence-electron chi connectivity index (χ4n) is 1.45. The van der Waals surface area contributed by atoms with E-state index in [4.69, 9.17) is 5.73 Å². The van der Waals surface area contributed by atoms with Crippen LogP contribution in [0.3, 0.4) is 0 Å². The number of H-pyrrole nitrogens is 1. The third-order valence-corrected chi connectivity index (χ3v) is 2.26. The Kier molecular flexibility index (Phi) is 2.77. The van der Waals surface area contributed by atoms with E-state index in [2.05, 4.69) is 25.6 Å². The van der Waals surface area contributed by atoms with Crippen molar-refractivity contribution in [2.24, 2.45) is 7.05 Å². The second-order valence-corrected chi connectivity index (χ2v) is 3.63. The van der Waals surface area contributed by atoms with Crippen molar-refractivity contribution in [1.29, 1.82) is 0 Å². The highest BCUT2D eigenvalue weighted by Gasteiger charge is 2.16. The summed E-state index contributed by atoms with van der Waals surface area (Å²) in [6.07, 6.45) is 1.57. The fraction of sp³-hybridized carbons (Fsp3) is 0.333. The van der Waals surface area contributed by atoms with Gasteiger partial charge in [-0.25, -0.2) is 4.98 Å². The van der Waals surface area contributed by atoms with E-state index in [0.29, 0.717) is 17.1 Å². The smallest absolute Gasteiger partial charge is 0.257 e. The van der Waals surface area contributed by atoms with Crippen molar-refractivity contribution in [2.75, 3.05) is 5.73 Å². The number of amides is 1. The summed E-state index contributed by atoms with van der Waals surface area (Å²) in [5, 5.41) is 13.1. The molecule has 0 atom stereocenters. The maximum Gasteiger partial charge on any atom is 0.257 e. The summed E-state index contributed by atoms with van der Waals surface area (Å²) >= 11 is 0. The van der Waals surface area contributed by atoms with E-state index in [-0.39, 0.29) is 18.3 Å². The van der Waals surface area contributed by atoms with E-state index in [0.717, 1.165) is 0 Å². The Bertz CT molecular complexity index is 522. The van der Waals surface area contributed by atoms with Crippen LogP contribution in [0.5, 0.6) is 0 Å². The van der Waals surface area contributed by atoms with Crippen molar-refractivity contribution in [3.63, 3.8) is 0 Å². The monoisotopic (exact) mass is 235 g/mol. The van der Waals surface area contributed by atoms with Gasteiger partial charge in [0.25, 0.3) is 5.91 Å². The quantitative estimate of drug-likeness (QED) is 0.654. The molecule has 4 N–H and O–H groups in total. The molecule has 2 aromatic rings. The lowest BCUT2D eigenvalue weighted by Crippen LogP contribution is -2.24. The molecule has 1 amide bonds. The van der Waals surface area contributed by atoms with Crippen LogP contribution < -0.4 is 11.1 Å². The minimum Gasteiger partial charge on any atom is -0.382 e. The summed E-state index contributed by atoms with van der Waals surface area (Å²) in [7, 11) is 1.76. The van der Waals surface area contributed by atoms with Crippen LogP contribution in [-0.2, 0) is 13.6 Å². The number of nitrogen functional groups attached to an aromatic ring is 1. The van der Waals surface area contributed by atoms with Crippen molar-refractivity contribution in [2.45, 2.75) is 13.5 Å². The number of anilines is 1. The third kappa shape index (κ3) is 2.25. The molecule has 0 aliphatic rings. The number of nitrogens with two attached hydrogens (primary N) is 1. The molecule has 0 radical (unpaired) electrons. The summed E-state index contributed by atoms with van der Waals surface area (Å²) in [5.74, 6) is 0.441. The van der Waals surface area contributed by atoms with Gasteiger partial charge in [-0.1, -0.05) is 0 Å². The summed E-state index contributed by atoms with van der Waals surface area (Å²) in [5.41, 5.74) is 6.57. The molecule has 8 nitrogen and oxygen atoms in total. The molecular weight excluding hydrogens is 222 g/mol. The number of hydrogen-bond donors (Lipinski definition) is 3. The van der Waals surface area contributed by atoms with E-state index < -0.39 is 0 Å². The van der Waals surface area contributed by atoms with Crippen LogP contribution in [0.2, 0.25) is 0 Å². The first-order valence-electron chi connectivity index (χ1n) is 5.01. The van der Waals surface area contributed by atoms with Crippen molar-refractivity contribution >= 4 is 11.7 Å². The molecule has 2 aromatic heterocycles. The van der Waals surface area contributed by atoms with Gasteiger partial charge >= 0.3 is 0 Å². The lowest BCUT2D eigenvalue weighted by Gasteiger charge is -2.02. The van der Waals surface area contributed by atoms with E-state index in [1.807, 2.05) is 0 Å². The van der Waals surface area contributed by atoms with Gasteiger partial charge in [-0.15, -0.1) is 0 Å². The molecule has 0 aliphatic carbocycles. The molecule has 2 heterocycles. The Morgan fingerprint density at radius 2 is 2.41 bits per heavy atom. The zero-order valence-electron chi connectivity index (χ0n) is 9.56. The van der Waals surface area contributed by atoms with Crippen LogP contribution in [0.4, 0.5) is 5.82 Å². The number of carbonyl (C=O) groups excluding carboxylic acids is 1. The lowest BCUT2D eigenvalue weighted by atomic mass is 10.2. The molecule has 0 aromatic carbocycles. The van der Waals surface area contributed by atoms with E-state index >= 15 is 0 Å². The summed E-state index contributed by atoms with van der Waals surface area (Å²) in [6, 6.07) is 0. The predicted octanol–water partition coefficient (Wildman–Crippen LogP) is -0.641. The number of aromatic nitrogens is 5. The maximum absolute atomic E-state index is 11.8. The van der Waals surface area contributed by atoms with Gasteiger partial charge in [0.05, 0.1) is 6.54 Å². The fourth-order valence-corrected chi connectivity index (χ4v) is 1.45. The van der Waals surface area contributed by atoms with Crippen molar-refractivity contribution in [1.82, 2.24) is 30.3 Å². The Balaban J connectivity index is 2.03. The van der Waals surface area contributed by atoms with Gasteiger partial charge in [0.1, 0.15) is 11.9 Å². The van der Waals surface area contributed by atoms with Crippen LogP contribution in [0.1, 0.15) is 21.9 Å². The van der Waals surface area contributed by atoms with E-state index in [9.17, 15) is 4.79 Å². The summed E-state index contributed by atoms with van der Waals surface area (Å²) in [4.78, 5) is 15.8. The first kappa shape index (κ1) is 11.1. The van der Waals surface area contributed by atoms with Crippen molar-refractivity contribution in [3.8, 4) is 0 Å². The third-order valence-electron chi connectivity index (χ3n) is 2.26. The van der Waals surface area contributed by atoms with Crippen LogP contribution in [0.25, 0.3) is 0 Å². The predicted molar refractivity (Wildman–Crippen MR) is 59.9 cm³/mol. The van der Waals surface area contributed by atoms with Crippen molar-refractivity contribution < 1.29 is 4.79 Å². The van der Waals surface area contributed by atoms with Crippen LogP contribution in [0, 0.1) is 6.92 Å².